The van der Waals surface area contributed by atoms with Crippen LogP contribution >= 0.6 is 23.5 Å². The average Bonchev–Trinajstić information content (AvgIpc) is 3.27. The van der Waals surface area contributed by atoms with Crippen molar-refractivity contribution in [3.63, 3.8) is 0 Å². The van der Waals surface area contributed by atoms with E-state index in [0.29, 0.717) is 0 Å². The zero-order valence-electron chi connectivity index (χ0n) is 12.6. The normalized spacial score (nSPS) is 11.5. The van der Waals surface area contributed by atoms with Crippen LogP contribution in [0.1, 0.15) is 12.8 Å². The van der Waals surface area contributed by atoms with Gasteiger partial charge < -0.3 is 9.97 Å². The molecule has 4 rings (SSSR count). The van der Waals surface area contributed by atoms with Crippen LogP contribution in [0.5, 0.6) is 0 Å². The number of rotatable bonds is 7. The molecule has 0 fully saturated rings. The summed E-state index contributed by atoms with van der Waals surface area (Å²) in [6.45, 7) is 0. The standard InChI is InChI=1S/C14H14N8S2/c1(3-23-13-9-11(17-5-15-9)19-7-21-13)2-4-24-14-10-12(18-6-16-10)20-8-22-14/h5-8H,1-4H2,(H,15,17,19,21)(H,16,18,20,22). The molecule has 0 aliphatic heterocycles. The third-order valence-electron chi connectivity index (χ3n) is 3.39. The molecular weight excluding hydrogens is 344 g/mol. The zero-order chi connectivity index (χ0) is 16.2. The molecule has 0 aliphatic carbocycles. The second-order valence-electron chi connectivity index (χ2n) is 4.96. The quantitative estimate of drug-likeness (QED) is 0.295. The largest absolute Gasteiger partial charge is 0.341 e. The monoisotopic (exact) mass is 358 g/mol. The van der Waals surface area contributed by atoms with Crippen molar-refractivity contribution in [2.24, 2.45) is 0 Å². The molecule has 2 N–H and O–H groups in total. The van der Waals surface area contributed by atoms with E-state index >= 15 is 0 Å². The van der Waals surface area contributed by atoms with Crippen LogP contribution in [0.3, 0.4) is 0 Å². The molecule has 0 saturated carbocycles. The maximum atomic E-state index is 4.32. The van der Waals surface area contributed by atoms with Gasteiger partial charge in [0.2, 0.25) is 0 Å². The van der Waals surface area contributed by atoms with Gasteiger partial charge in [-0.25, -0.2) is 29.9 Å². The van der Waals surface area contributed by atoms with Crippen molar-refractivity contribution in [2.75, 3.05) is 11.5 Å². The molecule has 0 spiro atoms. The Kier molecular flexibility index (Phi) is 4.56. The number of H-pyrrole nitrogens is 2. The summed E-state index contributed by atoms with van der Waals surface area (Å²) in [4.78, 5) is 31.4. The van der Waals surface area contributed by atoms with Gasteiger partial charge in [0.25, 0.3) is 0 Å². The van der Waals surface area contributed by atoms with Crippen LogP contribution in [-0.2, 0) is 0 Å². The molecule has 24 heavy (non-hydrogen) atoms. The second kappa shape index (κ2) is 7.14. The lowest BCUT2D eigenvalue weighted by Gasteiger charge is -2.03. The Balaban J connectivity index is 1.25. The summed E-state index contributed by atoms with van der Waals surface area (Å²) in [5.74, 6) is 2.02. The van der Waals surface area contributed by atoms with Crippen molar-refractivity contribution in [2.45, 2.75) is 22.9 Å². The fourth-order valence-corrected chi connectivity index (χ4v) is 4.16. The van der Waals surface area contributed by atoms with Crippen LogP contribution < -0.4 is 0 Å². The van der Waals surface area contributed by atoms with Gasteiger partial charge in [0.05, 0.1) is 12.7 Å². The molecule has 8 nitrogen and oxygen atoms in total. The summed E-state index contributed by atoms with van der Waals surface area (Å²) in [5.41, 5.74) is 3.27. The first-order valence-electron chi connectivity index (χ1n) is 7.45. The van der Waals surface area contributed by atoms with Gasteiger partial charge in [0.15, 0.2) is 11.3 Å². The molecule has 10 heteroatoms. The third kappa shape index (κ3) is 3.20. The number of nitrogens with zero attached hydrogens (tertiary/aromatic N) is 6. The van der Waals surface area contributed by atoms with Gasteiger partial charge >= 0.3 is 0 Å². The summed E-state index contributed by atoms with van der Waals surface area (Å²) in [5, 5.41) is 1.92. The van der Waals surface area contributed by atoms with E-state index in [0.717, 1.165) is 56.7 Å². The minimum absolute atomic E-state index is 0.718. The molecule has 122 valence electrons. The zero-order valence-corrected chi connectivity index (χ0v) is 14.3. The molecule has 4 aromatic rings. The number of aromatic amines is 2. The van der Waals surface area contributed by atoms with E-state index in [1.54, 1.807) is 48.8 Å². The average molecular weight is 358 g/mol. The summed E-state index contributed by atoms with van der Waals surface area (Å²) in [6.07, 6.45) is 8.64. The summed E-state index contributed by atoms with van der Waals surface area (Å²) in [6, 6.07) is 0. The van der Waals surface area contributed by atoms with Crippen LogP contribution in [0.4, 0.5) is 0 Å². The molecule has 4 heterocycles. The molecule has 0 radical (unpaired) electrons. The topological polar surface area (TPSA) is 109 Å². The fourth-order valence-electron chi connectivity index (χ4n) is 2.25. The molecule has 0 bridgehead atoms. The smallest absolute Gasteiger partial charge is 0.181 e. The molecule has 0 unspecified atom stereocenters. The minimum Gasteiger partial charge on any atom is -0.341 e. The predicted octanol–water partition coefficient (Wildman–Crippen LogP) is 2.68. The van der Waals surface area contributed by atoms with Gasteiger partial charge in [-0.2, -0.15) is 0 Å². The van der Waals surface area contributed by atoms with Crippen molar-refractivity contribution in [3.05, 3.63) is 25.3 Å². The van der Waals surface area contributed by atoms with Crippen LogP contribution in [0, 0.1) is 0 Å². The maximum Gasteiger partial charge on any atom is 0.181 e. The van der Waals surface area contributed by atoms with E-state index in [1.165, 1.54) is 0 Å². The first-order valence-corrected chi connectivity index (χ1v) is 9.42. The molecule has 0 saturated heterocycles. The van der Waals surface area contributed by atoms with E-state index in [1.807, 2.05) is 0 Å². The maximum absolute atomic E-state index is 4.32. The third-order valence-corrected chi connectivity index (χ3v) is 5.54. The van der Waals surface area contributed by atoms with Crippen LogP contribution in [0.25, 0.3) is 22.3 Å². The van der Waals surface area contributed by atoms with E-state index < -0.39 is 0 Å². The Bertz CT molecular complexity index is 872. The first-order chi connectivity index (χ1) is 11.9. The number of fused-ring (bicyclic) bond motifs is 2. The Morgan fingerprint density at radius 2 is 1.17 bits per heavy atom. The SMILES string of the molecule is c1nc(SCCCCSc2ncnc3nc[nH]c23)c2[nH]cnc2n1. The lowest BCUT2D eigenvalue weighted by atomic mass is 10.4. The lowest BCUT2D eigenvalue weighted by molar-refractivity contribution is 0.903. The van der Waals surface area contributed by atoms with Crippen molar-refractivity contribution in [3.8, 4) is 0 Å². The van der Waals surface area contributed by atoms with Gasteiger partial charge in [-0.05, 0) is 24.3 Å². The number of thioether (sulfide) groups is 2. The highest BCUT2D eigenvalue weighted by atomic mass is 32.2. The van der Waals surface area contributed by atoms with E-state index in [2.05, 4.69) is 39.9 Å². The molecule has 0 aliphatic rings. The van der Waals surface area contributed by atoms with Crippen molar-refractivity contribution < 1.29 is 0 Å². The van der Waals surface area contributed by atoms with Crippen LogP contribution in [0.2, 0.25) is 0 Å². The van der Waals surface area contributed by atoms with Crippen LogP contribution in [0.15, 0.2) is 35.4 Å². The highest BCUT2D eigenvalue weighted by Gasteiger charge is 2.07. The van der Waals surface area contributed by atoms with Gasteiger partial charge in [0, 0.05) is 0 Å². The van der Waals surface area contributed by atoms with Crippen molar-refractivity contribution in [1.82, 2.24) is 39.9 Å². The predicted molar refractivity (Wildman–Crippen MR) is 94.0 cm³/mol. The summed E-state index contributed by atoms with van der Waals surface area (Å²) in [7, 11) is 0. The summed E-state index contributed by atoms with van der Waals surface area (Å²) < 4.78 is 0. The Morgan fingerprint density at radius 3 is 1.67 bits per heavy atom. The molecular formula is C14H14N8S2. The lowest BCUT2D eigenvalue weighted by Crippen LogP contribution is -1.90. The van der Waals surface area contributed by atoms with E-state index in [-0.39, 0.29) is 0 Å². The molecule has 0 atom stereocenters. The number of aromatic nitrogens is 8. The fraction of sp³-hybridized carbons (Fsp3) is 0.286. The van der Waals surface area contributed by atoms with Gasteiger partial charge in [0.1, 0.15) is 33.7 Å². The van der Waals surface area contributed by atoms with Gasteiger partial charge in [-0.3, -0.25) is 0 Å². The first kappa shape index (κ1) is 15.3. The Labute approximate surface area is 145 Å². The number of unbranched alkanes of at least 4 members (excludes halogenated alkanes) is 1. The minimum atomic E-state index is 0.718. The second-order valence-corrected chi connectivity index (χ2v) is 7.13. The number of nitrogens with one attached hydrogen (secondary N) is 2. The Hall–Kier alpha value is -2.20. The molecule has 0 amide bonds. The number of hydrogen-bond donors (Lipinski definition) is 2. The molecule has 0 aromatic carbocycles. The van der Waals surface area contributed by atoms with E-state index in [4.69, 9.17) is 0 Å². The van der Waals surface area contributed by atoms with Crippen molar-refractivity contribution >= 4 is 45.9 Å². The van der Waals surface area contributed by atoms with Crippen molar-refractivity contribution in [1.29, 1.82) is 0 Å². The van der Waals surface area contributed by atoms with Crippen LogP contribution in [-0.4, -0.2) is 51.4 Å². The summed E-state index contributed by atoms with van der Waals surface area (Å²) >= 11 is 3.46. The molecule has 4 aromatic heterocycles. The number of hydrogen-bond acceptors (Lipinski definition) is 8. The van der Waals surface area contributed by atoms with E-state index in [9.17, 15) is 0 Å². The number of imidazole rings is 2. The highest BCUT2D eigenvalue weighted by molar-refractivity contribution is 7.99. The van der Waals surface area contributed by atoms with Gasteiger partial charge in [-0.15, -0.1) is 23.5 Å². The highest BCUT2D eigenvalue weighted by Crippen LogP contribution is 2.25. The van der Waals surface area contributed by atoms with Gasteiger partial charge in [-0.1, -0.05) is 0 Å². The Morgan fingerprint density at radius 1 is 0.667 bits per heavy atom.